The van der Waals surface area contributed by atoms with Gasteiger partial charge in [0.05, 0.1) is 5.92 Å². The third-order valence-corrected chi connectivity index (χ3v) is 4.70. The molecule has 1 heterocycles. The highest BCUT2D eigenvalue weighted by Gasteiger charge is 2.14. The molecule has 2 rings (SSSR count). The van der Waals surface area contributed by atoms with E-state index in [4.69, 9.17) is 0 Å². The SMILES string of the molecule is CC(C)Cc1ccc(C(C)C(=O)NCCc2cccs2)cc1. The maximum atomic E-state index is 12.2. The number of carbonyl (C=O) groups excluding carboxylic acids is 1. The molecule has 0 bridgehead atoms. The summed E-state index contributed by atoms with van der Waals surface area (Å²) in [6.45, 7) is 7.11. The minimum atomic E-state index is -0.101. The Bertz CT molecular complexity index is 572. The van der Waals surface area contributed by atoms with Crippen molar-refractivity contribution in [2.75, 3.05) is 6.54 Å². The summed E-state index contributed by atoms with van der Waals surface area (Å²) in [6, 6.07) is 12.6. The van der Waals surface area contributed by atoms with Crippen LogP contribution in [-0.2, 0) is 17.6 Å². The Balaban J connectivity index is 1.84. The first kappa shape index (κ1) is 16.8. The molecule has 1 N–H and O–H groups in total. The summed E-state index contributed by atoms with van der Waals surface area (Å²) >= 11 is 1.73. The minimum Gasteiger partial charge on any atom is -0.355 e. The molecule has 1 aromatic heterocycles. The second-order valence-corrected chi connectivity index (χ2v) is 7.21. The van der Waals surface area contributed by atoms with Gasteiger partial charge in [-0.05, 0) is 48.3 Å². The molecule has 118 valence electrons. The number of hydrogen-bond donors (Lipinski definition) is 1. The van der Waals surface area contributed by atoms with Crippen molar-refractivity contribution in [1.29, 1.82) is 0 Å². The molecule has 0 aliphatic heterocycles. The van der Waals surface area contributed by atoms with Gasteiger partial charge < -0.3 is 5.32 Å². The van der Waals surface area contributed by atoms with Crippen molar-refractivity contribution in [1.82, 2.24) is 5.32 Å². The van der Waals surface area contributed by atoms with Gasteiger partial charge in [0.2, 0.25) is 5.91 Å². The number of nitrogens with one attached hydrogen (secondary N) is 1. The highest BCUT2D eigenvalue weighted by molar-refractivity contribution is 7.09. The zero-order chi connectivity index (χ0) is 15.9. The molecular weight excluding hydrogens is 290 g/mol. The lowest BCUT2D eigenvalue weighted by molar-refractivity contribution is -0.122. The number of thiophene rings is 1. The molecule has 1 aromatic carbocycles. The molecule has 22 heavy (non-hydrogen) atoms. The summed E-state index contributed by atoms with van der Waals surface area (Å²) < 4.78 is 0. The van der Waals surface area contributed by atoms with Crippen LogP contribution in [-0.4, -0.2) is 12.5 Å². The molecule has 0 aliphatic rings. The molecule has 0 saturated heterocycles. The average molecular weight is 315 g/mol. The van der Waals surface area contributed by atoms with E-state index in [9.17, 15) is 4.79 Å². The van der Waals surface area contributed by atoms with E-state index in [2.05, 4.69) is 54.9 Å². The third kappa shape index (κ3) is 4.99. The average Bonchev–Trinajstić information content (AvgIpc) is 3.00. The van der Waals surface area contributed by atoms with Gasteiger partial charge >= 0.3 is 0 Å². The van der Waals surface area contributed by atoms with Gasteiger partial charge in [0.25, 0.3) is 0 Å². The molecule has 0 spiro atoms. The molecule has 1 atom stereocenters. The Hall–Kier alpha value is -1.61. The van der Waals surface area contributed by atoms with Gasteiger partial charge in [-0.15, -0.1) is 11.3 Å². The fourth-order valence-corrected chi connectivity index (χ4v) is 3.19. The summed E-state index contributed by atoms with van der Waals surface area (Å²) in [5.74, 6) is 0.661. The first-order valence-electron chi connectivity index (χ1n) is 7.95. The van der Waals surface area contributed by atoms with Crippen LogP contribution in [0.5, 0.6) is 0 Å². The van der Waals surface area contributed by atoms with E-state index >= 15 is 0 Å². The van der Waals surface area contributed by atoms with E-state index < -0.39 is 0 Å². The van der Waals surface area contributed by atoms with E-state index in [1.807, 2.05) is 13.0 Å². The molecule has 2 nitrogen and oxygen atoms in total. The van der Waals surface area contributed by atoms with Gasteiger partial charge in [-0.3, -0.25) is 4.79 Å². The predicted octanol–water partition coefficient (Wildman–Crippen LogP) is 4.41. The lowest BCUT2D eigenvalue weighted by Crippen LogP contribution is -2.29. The van der Waals surface area contributed by atoms with Gasteiger partial charge in [0.15, 0.2) is 0 Å². The van der Waals surface area contributed by atoms with Gasteiger partial charge in [0, 0.05) is 11.4 Å². The van der Waals surface area contributed by atoms with Crippen molar-refractivity contribution in [3.05, 3.63) is 57.8 Å². The number of amides is 1. The monoisotopic (exact) mass is 315 g/mol. The van der Waals surface area contributed by atoms with E-state index in [0.29, 0.717) is 12.5 Å². The Morgan fingerprint density at radius 3 is 2.45 bits per heavy atom. The van der Waals surface area contributed by atoms with Crippen molar-refractivity contribution in [2.24, 2.45) is 5.92 Å². The van der Waals surface area contributed by atoms with Crippen LogP contribution in [0.2, 0.25) is 0 Å². The molecule has 0 fully saturated rings. The zero-order valence-corrected chi connectivity index (χ0v) is 14.5. The van der Waals surface area contributed by atoms with Crippen LogP contribution in [0, 0.1) is 5.92 Å². The maximum absolute atomic E-state index is 12.2. The molecule has 1 unspecified atom stereocenters. The molecule has 0 radical (unpaired) electrons. The second-order valence-electron chi connectivity index (χ2n) is 6.18. The molecule has 2 aromatic rings. The zero-order valence-electron chi connectivity index (χ0n) is 13.6. The summed E-state index contributed by atoms with van der Waals surface area (Å²) in [4.78, 5) is 13.5. The fraction of sp³-hybridized carbons (Fsp3) is 0.421. The van der Waals surface area contributed by atoms with Crippen molar-refractivity contribution < 1.29 is 4.79 Å². The van der Waals surface area contributed by atoms with Gasteiger partial charge in [0.1, 0.15) is 0 Å². The van der Waals surface area contributed by atoms with Crippen molar-refractivity contribution in [2.45, 2.75) is 39.5 Å². The van der Waals surface area contributed by atoms with Gasteiger partial charge in [-0.2, -0.15) is 0 Å². The first-order chi connectivity index (χ1) is 10.6. The van der Waals surface area contributed by atoms with Crippen LogP contribution < -0.4 is 5.32 Å². The topological polar surface area (TPSA) is 29.1 Å². The summed E-state index contributed by atoms with van der Waals surface area (Å²) in [6.07, 6.45) is 1.99. The van der Waals surface area contributed by atoms with Crippen LogP contribution in [0.1, 0.15) is 42.7 Å². The van der Waals surface area contributed by atoms with Crippen molar-refractivity contribution >= 4 is 17.2 Å². The predicted molar refractivity (Wildman–Crippen MR) is 94.4 cm³/mol. The number of benzene rings is 1. The van der Waals surface area contributed by atoms with E-state index in [-0.39, 0.29) is 11.8 Å². The Kier molecular flexibility index (Phi) is 6.20. The quantitative estimate of drug-likeness (QED) is 0.805. The Morgan fingerprint density at radius 2 is 1.86 bits per heavy atom. The number of rotatable bonds is 7. The summed E-state index contributed by atoms with van der Waals surface area (Å²) in [5.41, 5.74) is 2.42. The Morgan fingerprint density at radius 1 is 1.14 bits per heavy atom. The molecule has 3 heteroatoms. The molecule has 0 aliphatic carbocycles. The Labute approximate surface area is 137 Å². The van der Waals surface area contributed by atoms with E-state index in [0.717, 1.165) is 18.4 Å². The maximum Gasteiger partial charge on any atom is 0.227 e. The minimum absolute atomic E-state index is 0.101. The van der Waals surface area contributed by atoms with Crippen molar-refractivity contribution in [3.8, 4) is 0 Å². The molecular formula is C19H25NOS. The number of hydrogen-bond acceptors (Lipinski definition) is 2. The van der Waals surface area contributed by atoms with Crippen LogP contribution >= 0.6 is 11.3 Å². The standard InChI is InChI=1S/C19H25NOS/c1-14(2)13-16-6-8-17(9-7-16)15(3)19(21)20-11-10-18-5-4-12-22-18/h4-9,12,14-15H,10-11,13H2,1-3H3,(H,20,21). The molecule has 0 saturated carbocycles. The first-order valence-corrected chi connectivity index (χ1v) is 8.83. The molecule has 1 amide bonds. The van der Waals surface area contributed by atoms with Crippen LogP contribution in [0.15, 0.2) is 41.8 Å². The largest absolute Gasteiger partial charge is 0.355 e. The smallest absolute Gasteiger partial charge is 0.227 e. The highest BCUT2D eigenvalue weighted by Crippen LogP contribution is 2.18. The van der Waals surface area contributed by atoms with Gasteiger partial charge in [-0.1, -0.05) is 44.2 Å². The normalized spacial score (nSPS) is 12.4. The highest BCUT2D eigenvalue weighted by atomic mass is 32.1. The van der Waals surface area contributed by atoms with Crippen LogP contribution in [0.3, 0.4) is 0 Å². The summed E-state index contributed by atoms with van der Waals surface area (Å²) in [5, 5.41) is 5.10. The summed E-state index contributed by atoms with van der Waals surface area (Å²) in [7, 11) is 0. The lowest BCUT2D eigenvalue weighted by Gasteiger charge is -2.13. The van der Waals surface area contributed by atoms with Crippen LogP contribution in [0.25, 0.3) is 0 Å². The van der Waals surface area contributed by atoms with Crippen LogP contribution in [0.4, 0.5) is 0 Å². The fourth-order valence-electron chi connectivity index (χ4n) is 2.48. The van der Waals surface area contributed by atoms with Gasteiger partial charge in [-0.25, -0.2) is 0 Å². The third-order valence-electron chi connectivity index (χ3n) is 3.77. The van der Waals surface area contributed by atoms with E-state index in [1.54, 1.807) is 11.3 Å². The van der Waals surface area contributed by atoms with E-state index in [1.165, 1.54) is 10.4 Å². The lowest BCUT2D eigenvalue weighted by atomic mass is 9.96. The van der Waals surface area contributed by atoms with Crippen molar-refractivity contribution in [3.63, 3.8) is 0 Å². The number of carbonyl (C=O) groups is 1. The second kappa shape index (κ2) is 8.14.